The lowest BCUT2D eigenvalue weighted by atomic mass is 9.97. The molecule has 1 aliphatic rings. The molecule has 1 aliphatic heterocycles. The summed E-state index contributed by atoms with van der Waals surface area (Å²) in [7, 11) is 1.65. The molecule has 0 unspecified atom stereocenters. The minimum absolute atomic E-state index is 0.189. The van der Waals surface area contributed by atoms with Gasteiger partial charge in [0.05, 0.1) is 7.11 Å². The predicted octanol–water partition coefficient (Wildman–Crippen LogP) is 2.44. The Morgan fingerprint density at radius 3 is 2.50 bits per heavy atom. The highest BCUT2D eigenvalue weighted by molar-refractivity contribution is 5.93. The average Bonchev–Trinajstić information content (AvgIpc) is 2.53. The van der Waals surface area contributed by atoms with Gasteiger partial charge in [-0.1, -0.05) is 6.92 Å². The largest absolute Gasteiger partial charge is 0.497 e. The monoisotopic (exact) mass is 276 g/mol. The molecular formula is C16H24N2O2. The first-order valence-corrected chi connectivity index (χ1v) is 7.39. The predicted molar refractivity (Wildman–Crippen MR) is 81.2 cm³/mol. The highest BCUT2D eigenvalue weighted by Crippen LogP contribution is 2.23. The van der Waals surface area contributed by atoms with E-state index in [1.54, 1.807) is 7.11 Å². The van der Waals surface area contributed by atoms with E-state index in [1.807, 2.05) is 36.1 Å². The Morgan fingerprint density at radius 2 is 1.95 bits per heavy atom. The first-order chi connectivity index (χ1) is 9.74. The van der Waals surface area contributed by atoms with Crippen molar-refractivity contribution in [3.05, 3.63) is 24.3 Å². The second-order valence-electron chi connectivity index (χ2n) is 5.25. The van der Waals surface area contributed by atoms with Gasteiger partial charge in [-0.3, -0.25) is 4.79 Å². The molecular weight excluding hydrogens is 252 g/mol. The molecule has 2 rings (SSSR count). The molecule has 20 heavy (non-hydrogen) atoms. The fourth-order valence-corrected chi connectivity index (χ4v) is 2.63. The third-order valence-corrected chi connectivity index (χ3v) is 3.89. The van der Waals surface area contributed by atoms with E-state index >= 15 is 0 Å². The number of nitrogens with zero attached hydrogens (tertiary/aromatic N) is 1. The van der Waals surface area contributed by atoms with Crippen LogP contribution in [-0.2, 0) is 4.79 Å². The van der Waals surface area contributed by atoms with Gasteiger partial charge in [-0.25, -0.2) is 0 Å². The minimum Gasteiger partial charge on any atom is -0.497 e. The van der Waals surface area contributed by atoms with Gasteiger partial charge >= 0.3 is 0 Å². The van der Waals surface area contributed by atoms with E-state index in [2.05, 4.69) is 5.32 Å². The molecule has 4 heteroatoms. The molecule has 1 saturated heterocycles. The third kappa shape index (κ3) is 3.73. The molecule has 0 radical (unpaired) electrons. The summed E-state index contributed by atoms with van der Waals surface area (Å²) in [5.41, 5.74) is 0.969. The van der Waals surface area contributed by atoms with Gasteiger partial charge in [0, 0.05) is 18.7 Å². The van der Waals surface area contributed by atoms with Crippen molar-refractivity contribution in [2.45, 2.75) is 26.2 Å². The highest BCUT2D eigenvalue weighted by Gasteiger charge is 2.21. The number of ether oxygens (including phenoxy) is 1. The van der Waals surface area contributed by atoms with E-state index in [0.717, 1.165) is 43.9 Å². The number of hydrogen-bond donors (Lipinski definition) is 1. The molecule has 1 heterocycles. The smallest absolute Gasteiger partial charge is 0.226 e. The molecule has 0 spiro atoms. The lowest BCUT2D eigenvalue weighted by Crippen LogP contribution is -2.39. The SMILES string of the molecule is CCC(=O)N(CC1CCNCC1)c1ccc(OC)cc1. The van der Waals surface area contributed by atoms with Crippen LogP contribution in [0.15, 0.2) is 24.3 Å². The van der Waals surface area contributed by atoms with Crippen LogP contribution in [0.3, 0.4) is 0 Å². The van der Waals surface area contributed by atoms with Crippen LogP contribution in [0.4, 0.5) is 5.69 Å². The van der Waals surface area contributed by atoms with Gasteiger partial charge in [0.1, 0.15) is 5.75 Å². The third-order valence-electron chi connectivity index (χ3n) is 3.89. The summed E-state index contributed by atoms with van der Waals surface area (Å²) in [5.74, 6) is 1.60. The number of anilines is 1. The minimum atomic E-state index is 0.189. The van der Waals surface area contributed by atoms with E-state index in [0.29, 0.717) is 12.3 Å². The number of hydrogen-bond acceptors (Lipinski definition) is 3. The zero-order valence-electron chi connectivity index (χ0n) is 12.4. The Morgan fingerprint density at radius 1 is 1.30 bits per heavy atom. The van der Waals surface area contributed by atoms with Crippen LogP contribution >= 0.6 is 0 Å². The van der Waals surface area contributed by atoms with Gasteiger partial charge in [-0.15, -0.1) is 0 Å². The molecule has 1 fully saturated rings. The molecule has 1 N–H and O–H groups in total. The lowest BCUT2D eigenvalue weighted by Gasteiger charge is -2.30. The van der Waals surface area contributed by atoms with Crippen molar-refractivity contribution in [1.82, 2.24) is 5.32 Å². The molecule has 4 nitrogen and oxygen atoms in total. The molecule has 1 aromatic carbocycles. The number of piperidine rings is 1. The van der Waals surface area contributed by atoms with Crippen molar-refractivity contribution >= 4 is 11.6 Å². The van der Waals surface area contributed by atoms with Crippen LogP contribution in [0.1, 0.15) is 26.2 Å². The second-order valence-corrected chi connectivity index (χ2v) is 5.25. The maximum Gasteiger partial charge on any atom is 0.226 e. The maximum absolute atomic E-state index is 12.2. The summed E-state index contributed by atoms with van der Waals surface area (Å²) in [6.07, 6.45) is 2.82. The van der Waals surface area contributed by atoms with Gasteiger partial charge in [-0.2, -0.15) is 0 Å². The van der Waals surface area contributed by atoms with E-state index in [-0.39, 0.29) is 5.91 Å². The van der Waals surface area contributed by atoms with E-state index in [9.17, 15) is 4.79 Å². The van der Waals surface area contributed by atoms with Crippen LogP contribution in [-0.4, -0.2) is 32.7 Å². The number of rotatable bonds is 5. The van der Waals surface area contributed by atoms with Crippen molar-refractivity contribution in [3.63, 3.8) is 0 Å². The summed E-state index contributed by atoms with van der Waals surface area (Å²) in [5, 5.41) is 3.37. The number of nitrogens with one attached hydrogen (secondary N) is 1. The number of methoxy groups -OCH3 is 1. The molecule has 0 aliphatic carbocycles. The number of carbonyl (C=O) groups is 1. The quantitative estimate of drug-likeness (QED) is 0.898. The summed E-state index contributed by atoms with van der Waals surface area (Å²) in [6, 6.07) is 7.75. The Kier molecular flexibility index (Phi) is 5.41. The van der Waals surface area contributed by atoms with Crippen molar-refractivity contribution in [3.8, 4) is 5.75 Å². The first-order valence-electron chi connectivity index (χ1n) is 7.39. The summed E-state index contributed by atoms with van der Waals surface area (Å²) >= 11 is 0. The van der Waals surface area contributed by atoms with E-state index < -0.39 is 0 Å². The molecule has 0 bridgehead atoms. The van der Waals surface area contributed by atoms with Gasteiger partial charge in [0.2, 0.25) is 5.91 Å². The summed E-state index contributed by atoms with van der Waals surface area (Å²) in [4.78, 5) is 14.1. The maximum atomic E-state index is 12.2. The standard InChI is InChI=1S/C16H24N2O2/c1-3-16(19)18(12-13-8-10-17-11-9-13)14-4-6-15(20-2)7-5-14/h4-7,13,17H,3,8-12H2,1-2H3. The Balaban J connectivity index is 2.10. The first kappa shape index (κ1) is 14.9. The Labute approximate surface area is 121 Å². The van der Waals surface area contributed by atoms with Gasteiger partial charge in [0.15, 0.2) is 0 Å². The molecule has 0 atom stereocenters. The van der Waals surface area contributed by atoms with E-state index in [1.165, 1.54) is 0 Å². The van der Waals surface area contributed by atoms with Crippen molar-refractivity contribution in [2.24, 2.45) is 5.92 Å². The van der Waals surface area contributed by atoms with E-state index in [4.69, 9.17) is 4.74 Å². The Hall–Kier alpha value is -1.55. The molecule has 110 valence electrons. The van der Waals surface area contributed by atoms with Gasteiger partial charge in [0.25, 0.3) is 0 Å². The number of carbonyl (C=O) groups excluding carboxylic acids is 1. The van der Waals surface area contributed by atoms with Crippen LogP contribution < -0.4 is 15.0 Å². The Bertz CT molecular complexity index is 425. The topological polar surface area (TPSA) is 41.6 Å². The van der Waals surface area contributed by atoms with Gasteiger partial charge in [-0.05, 0) is 56.1 Å². The second kappa shape index (κ2) is 7.29. The zero-order valence-corrected chi connectivity index (χ0v) is 12.4. The van der Waals surface area contributed by atoms with Crippen LogP contribution in [0.25, 0.3) is 0 Å². The van der Waals surface area contributed by atoms with Crippen molar-refractivity contribution in [2.75, 3.05) is 31.6 Å². The average molecular weight is 276 g/mol. The molecule has 1 aromatic rings. The highest BCUT2D eigenvalue weighted by atomic mass is 16.5. The van der Waals surface area contributed by atoms with Crippen LogP contribution in [0.2, 0.25) is 0 Å². The zero-order chi connectivity index (χ0) is 14.4. The van der Waals surface area contributed by atoms with Crippen molar-refractivity contribution < 1.29 is 9.53 Å². The van der Waals surface area contributed by atoms with Gasteiger partial charge < -0.3 is 15.0 Å². The summed E-state index contributed by atoms with van der Waals surface area (Å²) in [6.45, 7) is 4.85. The lowest BCUT2D eigenvalue weighted by molar-refractivity contribution is -0.118. The fraction of sp³-hybridized carbons (Fsp3) is 0.562. The normalized spacial score (nSPS) is 15.9. The van der Waals surface area contributed by atoms with Crippen LogP contribution in [0, 0.1) is 5.92 Å². The number of amides is 1. The fourth-order valence-electron chi connectivity index (χ4n) is 2.63. The van der Waals surface area contributed by atoms with Crippen LogP contribution in [0.5, 0.6) is 5.75 Å². The molecule has 1 amide bonds. The summed E-state index contributed by atoms with van der Waals surface area (Å²) < 4.78 is 5.17. The molecule has 0 saturated carbocycles. The number of benzene rings is 1. The van der Waals surface area contributed by atoms with Crippen molar-refractivity contribution in [1.29, 1.82) is 0 Å². The molecule has 0 aromatic heterocycles.